The number of aryl methyl sites for hydroxylation is 1. The first-order valence-electron chi connectivity index (χ1n) is 9.87. The van der Waals surface area contributed by atoms with E-state index in [0.29, 0.717) is 23.2 Å². The van der Waals surface area contributed by atoms with Gasteiger partial charge in [-0.15, -0.1) is 0 Å². The second-order valence-corrected chi connectivity index (χ2v) is 7.07. The molecule has 6 nitrogen and oxygen atoms in total. The molecule has 0 spiro atoms. The van der Waals surface area contributed by atoms with E-state index in [-0.39, 0.29) is 36.7 Å². The summed E-state index contributed by atoms with van der Waals surface area (Å²) in [6, 6.07) is 3.88. The minimum atomic E-state index is -4.50. The first-order chi connectivity index (χ1) is 14.5. The van der Waals surface area contributed by atoms with Gasteiger partial charge in [-0.25, -0.2) is 4.79 Å². The van der Waals surface area contributed by atoms with E-state index < -0.39 is 23.6 Å². The summed E-state index contributed by atoms with van der Waals surface area (Å²) in [5, 5.41) is 0. The van der Waals surface area contributed by atoms with Crippen LogP contribution in [0, 0.1) is 13.8 Å². The lowest BCUT2D eigenvalue weighted by Gasteiger charge is -2.22. The Morgan fingerprint density at radius 1 is 1.06 bits per heavy atom. The van der Waals surface area contributed by atoms with Gasteiger partial charge in [-0.1, -0.05) is 6.92 Å². The zero-order chi connectivity index (χ0) is 23.3. The Morgan fingerprint density at radius 3 is 2.19 bits per heavy atom. The molecule has 0 saturated heterocycles. The zero-order valence-corrected chi connectivity index (χ0v) is 17.9. The van der Waals surface area contributed by atoms with Crippen LogP contribution in [0.4, 0.5) is 13.2 Å². The number of nitrogens with one attached hydrogen (secondary N) is 1. The Kier molecular flexibility index (Phi) is 7.65. The number of H-pyrrole nitrogens is 1. The Hall–Kier alpha value is -3.10. The van der Waals surface area contributed by atoms with Gasteiger partial charge in [0.2, 0.25) is 0 Å². The third-order valence-electron chi connectivity index (χ3n) is 4.77. The number of hydrogen-bond acceptors (Lipinski definition) is 4. The predicted octanol–water partition coefficient (Wildman–Crippen LogP) is 4.56. The van der Waals surface area contributed by atoms with Crippen LogP contribution in [0.1, 0.15) is 68.3 Å². The maximum atomic E-state index is 13.0. The van der Waals surface area contributed by atoms with Crippen molar-refractivity contribution in [2.24, 2.45) is 0 Å². The molecule has 0 saturated carbocycles. The van der Waals surface area contributed by atoms with Gasteiger partial charge >= 0.3 is 12.1 Å². The molecule has 0 bridgehead atoms. The maximum Gasteiger partial charge on any atom is 0.416 e. The molecule has 2 aromatic rings. The van der Waals surface area contributed by atoms with Crippen molar-refractivity contribution in [3.63, 3.8) is 0 Å². The van der Waals surface area contributed by atoms with Crippen molar-refractivity contribution in [1.29, 1.82) is 0 Å². The highest BCUT2D eigenvalue weighted by Crippen LogP contribution is 2.29. The molecule has 9 heteroatoms. The van der Waals surface area contributed by atoms with Crippen molar-refractivity contribution in [1.82, 2.24) is 9.88 Å². The van der Waals surface area contributed by atoms with E-state index in [2.05, 4.69) is 4.98 Å². The van der Waals surface area contributed by atoms with E-state index in [1.165, 1.54) is 4.90 Å². The molecular formula is C22H25F3N2O4. The molecule has 0 radical (unpaired) electrons. The quantitative estimate of drug-likeness (QED) is 0.484. The Morgan fingerprint density at radius 2 is 1.68 bits per heavy atom. The summed E-state index contributed by atoms with van der Waals surface area (Å²) in [4.78, 5) is 42.0. The molecule has 1 N–H and O–H groups in total. The summed E-state index contributed by atoms with van der Waals surface area (Å²) >= 11 is 0. The van der Waals surface area contributed by atoms with Crippen LogP contribution in [0.5, 0.6) is 0 Å². The Balaban J connectivity index is 2.26. The number of nitrogens with zero attached hydrogens (tertiary/aromatic N) is 1. The second kappa shape index (κ2) is 9.80. The minimum absolute atomic E-state index is 0.0592. The minimum Gasteiger partial charge on any atom is -0.461 e. The number of carbonyl (C=O) groups excluding carboxylic acids is 3. The maximum absolute atomic E-state index is 13.0. The fourth-order valence-electron chi connectivity index (χ4n) is 3.33. The lowest BCUT2D eigenvalue weighted by atomic mass is 10.0. The number of esters is 1. The lowest BCUT2D eigenvalue weighted by molar-refractivity contribution is -0.137. The number of Topliss-reactive ketones (excluding diaryl/α,β-unsaturated/α-hetero) is 1. The monoisotopic (exact) mass is 438 g/mol. The van der Waals surface area contributed by atoms with Crippen LogP contribution < -0.4 is 0 Å². The lowest BCUT2D eigenvalue weighted by Crippen LogP contribution is -2.36. The third-order valence-corrected chi connectivity index (χ3v) is 4.77. The SMILES string of the molecule is CCCN(CC(=O)c1c(C)[nH]c(C(=O)OCC)c1C)C(=O)c1ccc(C(F)(F)F)cc1. The average Bonchev–Trinajstić information content (AvgIpc) is 3.01. The fraction of sp³-hybridized carbons (Fsp3) is 0.409. The molecule has 0 aliphatic rings. The average molecular weight is 438 g/mol. The zero-order valence-electron chi connectivity index (χ0n) is 17.9. The van der Waals surface area contributed by atoms with Gasteiger partial charge in [0.05, 0.1) is 18.7 Å². The highest BCUT2D eigenvalue weighted by Gasteiger charge is 2.31. The number of alkyl halides is 3. The van der Waals surface area contributed by atoms with Crippen molar-refractivity contribution >= 4 is 17.7 Å². The molecule has 0 aliphatic carbocycles. The number of amides is 1. The van der Waals surface area contributed by atoms with Gasteiger partial charge in [0.15, 0.2) is 5.78 Å². The highest BCUT2D eigenvalue weighted by molar-refractivity contribution is 6.05. The number of aromatic amines is 1. The number of halogens is 3. The molecule has 168 valence electrons. The predicted molar refractivity (Wildman–Crippen MR) is 108 cm³/mol. The van der Waals surface area contributed by atoms with Crippen LogP contribution in [0.3, 0.4) is 0 Å². The van der Waals surface area contributed by atoms with Crippen molar-refractivity contribution in [2.75, 3.05) is 19.7 Å². The van der Waals surface area contributed by atoms with Crippen molar-refractivity contribution in [2.45, 2.75) is 40.3 Å². The Bertz CT molecular complexity index is 962. The van der Waals surface area contributed by atoms with Crippen LogP contribution in [-0.4, -0.2) is 47.2 Å². The van der Waals surface area contributed by atoms with Crippen LogP contribution in [0.25, 0.3) is 0 Å². The summed E-state index contributed by atoms with van der Waals surface area (Å²) in [5.41, 5.74) is 0.586. The molecule has 1 aromatic heterocycles. The normalized spacial score (nSPS) is 11.3. The van der Waals surface area contributed by atoms with Crippen LogP contribution in [0.2, 0.25) is 0 Å². The number of ketones is 1. The van der Waals surface area contributed by atoms with Crippen molar-refractivity contribution < 1.29 is 32.3 Å². The highest BCUT2D eigenvalue weighted by atomic mass is 19.4. The fourth-order valence-corrected chi connectivity index (χ4v) is 3.33. The second-order valence-electron chi connectivity index (χ2n) is 7.07. The molecule has 1 aromatic carbocycles. The first kappa shape index (κ1) is 24.2. The summed E-state index contributed by atoms with van der Waals surface area (Å²) in [6.45, 7) is 6.92. The molecule has 0 atom stereocenters. The van der Waals surface area contributed by atoms with E-state index in [9.17, 15) is 27.6 Å². The molecule has 0 fully saturated rings. The van der Waals surface area contributed by atoms with Crippen LogP contribution in [0.15, 0.2) is 24.3 Å². The third kappa shape index (κ3) is 5.53. The first-order valence-corrected chi connectivity index (χ1v) is 9.87. The van der Waals surface area contributed by atoms with E-state index in [4.69, 9.17) is 4.74 Å². The van der Waals surface area contributed by atoms with E-state index in [1.807, 2.05) is 6.92 Å². The number of aromatic nitrogens is 1. The van der Waals surface area contributed by atoms with Crippen molar-refractivity contribution in [3.8, 4) is 0 Å². The standard InChI is InChI=1S/C22H25F3N2O4/c1-5-11-27(20(29)15-7-9-16(10-8-15)22(23,24)25)12-17(28)18-13(3)19(26-14(18)4)21(30)31-6-2/h7-10,26H,5-6,11-12H2,1-4H3. The molecule has 0 aliphatic heterocycles. The Labute approximate surface area is 178 Å². The molecule has 0 unspecified atom stereocenters. The molecule has 1 amide bonds. The molecule has 31 heavy (non-hydrogen) atoms. The number of ether oxygens (including phenoxy) is 1. The van der Waals surface area contributed by atoms with Gasteiger partial charge in [-0.2, -0.15) is 13.2 Å². The van der Waals surface area contributed by atoms with Gasteiger partial charge in [0.1, 0.15) is 5.69 Å². The van der Waals surface area contributed by atoms with E-state index >= 15 is 0 Å². The summed E-state index contributed by atoms with van der Waals surface area (Å²) < 4.78 is 43.3. The number of carbonyl (C=O) groups is 3. The van der Waals surface area contributed by atoms with E-state index in [1.54, 1.807) is 20.8 Å². The molecule has 2 rings (SSSR count). The van der Waals surface area contributed by atoms with Gasteiger partial charge in [-0.05, 0) is 57.0 Å². The number of benzene rings is 1. The van der Waals surface area contributed by atoms with Gasteiger partial charge in [0, 0.05) is 23.4 Å². The summed E-state index contributed by atoms with van der Waals surface area (Å²) in [5.74, 6) is -1.50. The smallest absolute Gasteiger partial charge is 0.416 e. The summed E-state index contributed by atoms with van der Waals surface area (Å²) in [6.07, 6.45) is -3.94. The van der Waals surface area contributed by atoms with Crippen LogP contribution in [-0.2, 0) is 10.9 Å². The largest absolute Gasteiger partial charge is 0.461 e. The molecule has 1 heterocycles. The van der Waals surface area contributed by atoms with Crippen LogP contribution >= 0.6 is 0 Å². The molecular weight excluding hydrogens is 413 g/mol. The van der Waals surface area contributed by atoms with Gasteiger partial charge < -0.3 is 14.6 Å². The number of hydrogen-bond donors (Lipinski definition) is 1. The number of rotatable bonds is 8. The summed E-state index contributed by atoms with van der Waals surface area (Å²) in [7, 11) is 0. The van der Waals surface area contributed by atoms with Gasteiger partial charge in [-0.3, -0.25) is 9.59 Å². The topological polar surface area (TPSA) is 79.5 Å². The van der Waals surface area contributed by atoms with E-state index in [0.717, 1.165) is 24.3 Å². The van der Waals surface area contributed by atoms with Crippen molar-refractivity contribution in [3.05, 3.63) is 57.9 Å². The van der Waals surface area contributed by atoms with Gasteiger partial charge in [0.25, 0.3) is 5.91 Å².